The van der Waals surface area contributed by atoms with E-state index in [9.17, 15) is 28.0 Å². The van der Waals surface area contributed by atoms with Gasteiger partial charge >= 0.3 is 0 Å². The molecule has 1 spiro atoms. The van der Waals surface area contributed by atoms with Crippen LogP contribution < -0.4 is 16.0 Å². The van der Waals surface area contributed by atoms with Crippen LogP contribution in [0.25, 0.3) is 0 Å². The number of Topliss-reactive ketones (excluding diaryl/α,β-unsaturated/α-hetero) is 1. The molecule has 1 aliphatic carbocycles. The summed E-state index contributed by atoms with van der Waals surface area (Å²) in [7, 11) is 1.22. The molecule has 0 bridgehead atoms. The van der Waals surface area contributed by atoms with E-state index in [-0.39, 0.29) is 33.5 Å². The van der Waals surface area contributed by atoms with Crippen molar-refractivity contribution in [2.45, 2.75) is 51.0 Å². The number of nitrogens with one attached hydrogen (secondary N) is 3. The summed E-state index contributed by atoms with van der Waals surface area (Å²) in [6.07, 6.45) is 1.17. The predicted octanol–water partition coefficient (Wildman–Crippen LogP) is 2.94. The summed E-state index contributed by atoms with van der Waals surface area (Å²) in [6.45, 7) is 1.90. The van der Waals surface area contributed by atoms with Crippen LogP contribution in [0.4, 0.5) is 14.5 Å². The van der Waals surface area contributed by atoms with Crippen molar-refractivity contribution in [2.24, 2.45) is 11.3 Å². The van der Waals surface area contributed by atoms with E-state index >= 15 is 0 Å². The third-order valence-corrected chi connectivity index (χ3v) is 6.66. The van der Waals surface area contributed by atoms with Crippen LogP contribution in [0.2, 0.25) is 5.02 Å². The molecular formula is C23H28ClF2N3O5. The van der Waals surface area contributed by atoms with Crippen LogP contribution in [0.15, 0.2) is 18.2 Å². The predicted molar refractivity (Wildman–Crippen MR) is 121 cm³/mol. The summed E-state index contributed by atoms with van der Waals surface area (Å²) in [5, 5.41) is 7.45. The minimum Gasteiger partial charge on any atom is -0.381 e. The Balaban J connectivity index is 1.76. The van der Waals surface area contributed by atoms with Crippen molar-refractivity contribution in [3.63, 3.8) is 0 Å². The molecule has 2 fully saturated rings. The van der Waals surface area contributed by atoms with E-state index in [0.29, 0.717) is 20.1 Å². The summed E-state index contributed by atoms with van der Waals surface area (Å²) in [5.41, 5.74) is 0.0570. The van der Waals surface area contributed by atoms with E-state index in [4.69, 9.17) is 16.3 Å². The van der Waals surface area contributed by atoms with E-state index in [1.165, 1.54) is 25.2 Å². The van der Waals surface area contributed by atoms with Crippen LogP contribution in [0.5, 0.6) is 0 Å². The number of halogens is 3. The summed E-state index contributed by atoms with van der Waals surface area (Å²) < 4.78 is 32.1. The molecule has 3 amide bonds. The first-order valence-corrected chi connectivity index (χ1v) is 11.5. The van der Waals surface area contributed by atoms with Gasteiger partial charge in [-0.1, -0.05) is 11.6 Å². The number of hydrogen-bond acceptors (Lipinski definition) is 5. The van der Waals surface area contributed by atoms with Crippen LogP contribution in [0.1, 0.15) is 49.4 Å². The maximum absolute atomic E-state index is 13.4. The highest BCUT2D eigenvalue weighted by Gasteiger charge is 2.58. The molecule has 34 heavy (non-hydrogen) atoms. The van der Waals surface area contributed by atoms with Crippen LogP contribution in [0.3, 0.4) is 0 Å². The molecule has 2 atom stereocenters. The summed E-state index contributed by atoms with van der Waals surface area (Å²) in [4.78, 5) is 50.1. The van der Waals surface area contributed by atoms with Crippen molar-refractivity contribution in [2.75, 3.05) is 25.6 Å². The van der Waals surface area contributed by atoms with Gasteiger partial charge in [0, 0.05) is 37.6 Å². The smallest absolute Gasteiger partial charge is 0.289 e. The van der Waals surface area contributed by atoms with Gasteiger partial charge < -0.3 is 20.7 Å². The van der Waals surface area contributed by atoms with Gasteiger partial charge in [0.15, 0.2) is 0 Å². The van der Waals surface area contributed by atoms with E-state index in [2.05, 4.69) is 16.0 Å². The maximum Gasteiger partial charge on any atom is 0.289 e. The van der Waals surface area contributed by atoms with Gasteiger partial charge in [-0.3, -0.25) is 19.2 Å². The molecule has 11 heteroatoms. The van der Waals surface area contributed by atoms with Gasteiger partial charge in [-0.2, -0.15) is 0 Å². The van der Waals surface area contributed by atoms with Gasteiger partial charge in [-0.25, -0.2) is 8.78 Å². The lowest BCUT2D eigenvalue weighted by molar-refractivity contribution is -0.139. The number of carbonyl (C=O) groups is 4. The Labute approximate surface area is 201 Å². The number of anilines is 1. The SMILES string of the molecule is CNC(=O)C(=O)[C@H](CCC(C)(F)F)NC(=O)c1cc(Cl)ccc1NC(=O)C1CC12CCOCC2. The number of alkyl halides is 2. The maximum atomic E-state index is 13.4. The van der Waals surface area contributed by atoms with E-state index in [0.717, 1.165) is 19.3 Å². The molecule has 0 aromatic heterocycles. The highest BCUT2D eigenvalue weighted by atomic mass is 35.5. The minimum atomic E-state index is -3.09. The minimum absolute atomic E-state index is 0.0412. The van der Waals surface area contributed by atoms with Crippen molar-refractivity contribution >= 4 is 40.8 Å². The van der Waals surface area contributed by atoms with Gasteiger partial charge in [-0.05, 0) is 56.2 Å². The molecule has 3 N–H and O–H groups in total. The zero-order valence-corrected chi connectivity index (χ0v) is 19.8. The first-order chi connectivity index (χ1) is 16.0. The van der Waals surface area contributed by atoms with Gasteiger partial charge in [-0.15, -0.1) is 0 Å². The number of rotatable bonds is 9. The van der Waals surface area contributed by atoms with Crippen molar-refractivity contribution < 1.29 is 32.7 Å². The lowest BCUT2D eigenvalue weighted by atomic mass is 9.93. The van der Waals surface area contributed by atoms with Crippen LogP contribution in [0, 0.1) is 11.3 Å². The second-order valence-corrected chi connectivity index (χ2v) is 9.43. The molecule has 1 saturated carbocycles. The van der Waals surface area contributed by atoms with E-state index in [1.54, 1.807) is 0 Å². The fourth-order valence-electron chi connectivity index (χ4n) is 4.27. The number of carbonyl (C=O) groups excluding carboxylic acids is 4. The van der Waals surface area contributed by atoms with Crippen LogP contribution in [-0.2, 0) is 19.1 Å². The first kappa shape index (κ1) is 26.0. The van der Waals surface area contributed by atoms with Gasteiger partial charge in [0.25, 0.3) is 11.8 Å². The molecule has 1 heterocycles. The van der Waals surface area contributed by atoms with Gasteiger partial charge in [0.2, 0.25) is 17.6 Å². The quantitative estimate of drug-likeness (QED) is 0.452. The topological polar surface area (TPSA) is 114 Å². The first-order valence-electron chi connectivity index (χ1n) is 11.1. The number of ketones is 1. The van der Waals surface area contributed by atoms with E-state index < -0.39 is 42.4 Å². The zero-order valence-electron chi connectivity index (χ0n) is 19.0. The molecule has 186 valence electrons. The van der Waals surface area contributed by atoms with Crippen molar-refractivity contribution in [1.82, 2.24) is 10.6 Å². The number of hydrogen-bond donors (Lipinski definition) is 3. The number of ether oxygens (including phenoxy) is 1. The lowest BCUT2D eigenvalue weighted by Gasteiger charge is -2.23. The third-order valence-electron chi connectivity index (χ3n) is 6.42. The molecule has 2 aliphatic rings. The Bertz CT molecular complexity index is 976. The van der Waals surface area contributed by atoms with Gasteiger partial charge in [0.05, 0.1) is 17.3 Å². The molecule has 1 saturated heterocycles. The summed E-state index contributed by atoms with van der Waals surface area (Å²) in [6, 6.07) is 2.79. The second-order valence-electron chi connectivity index (χ2n) is 8.99. The molecular weight excluding hydrogens is 472 g/mol. The van der Waals surface area contributed by atoms with Gasteiger partial charge in [0.1, 0.15) is 0 Å². The third kappa shape index (κ3) is 6.29. The average molecular weight is 500 g/mol. The Kier molecular flexibility index (Phi) is 7.92. The number of amides is 3. The lowest BCUT2D eigenvalue weighted by Crippen LogP contribution is -2.47. The van der Waals surface area contributed by atoms with E-state index in [1.807, 2.05) is 0 Å². The van der Waals surface area contributed by atoms with Crippen molar-refractivity contribution in [3.8, 4) is 0 Å². The molecule has 3 rings (SSSR count). The Morgan fingerprint density at radius 3 is 2.53 bits per heavy atom. The van der Waals surface area contributed by atoms with Crippen molar-refractivity contribution in [1.29, 1.82) is 0 Å². The average Bonchev–Trinajstić information content (AvgIpc) is 3.49. The standard InChI is InChI=1S/C23H28ClF2N3O5/c1-22(25,26)6-5-17(18(30)21(33)27-2)29-19(31)14-11-13(24)3-4-16(14)28-20(32)15-12-23(15)7-9-34-10-8-23/h3-4,11,15,17H,5-10,12H2,1-2H3,(H,27,33)(H,28,32)(H,29,31)/t15?,17-/m0/s1. The Morgan fingerprint density at radius 2 is 1.91 bits per heavy atom. The normalized spacial score (nSPS) is 19.7. The largest absolute Gasteiger partial charge is 0.381 e. The highest BCUT2D eigenvalue weighted by molar-refractivity contribution is 6.38. The number of likely N-dealkylation sites (N-methyl/N-ethyl adjacent to an activating group) is 1. The Hall–Kier alpha value is -2.59. The molecule has 8 nitrogen and oxygen atoms in total. The molecule has 1 aromatic rings. The van der Waals surface area contributed by atoms with Crippen LogP contribution in [-0.4, -0.2) is 55.7 Å². The fraction of sp³-hybridized carbons (Fsp3) is 0.565. The summed E-state index contributed by atoms with van der Waals surface area (Å²) in [5.74, 6) is -6.41. The molecule has 1 aromatic carbocycles. The molecule has 1 unspecified atom stereocenters. The summed E-state index contributed by atoms with van der Waals surface area (Å²) >= 11 is 6.05. The fourth-order valence-corrected chi connectivity index (χ4v) is 4.44. The van der Waals surface area contributed by atoms with Crippen molar-refractivity contribution in [3.05, 3.63) is 28.8 Å². The zero-order chi connectivity index (χ0) is 25.1. The highest BCUT2D eigenvalue weighted by Crippen LogP contribution is 2.59. The molecule has 0 radical (unpaired) electrons. The monoisotopic (exact) mass is 499 g/mol. The van der Waals surface area contributed by atoms with Crippen LogP contribution >= 0.6 is 11.6 Å². The number of benzene rings is 1. The Morgan fingerprint density at radius 1 is 1.24 bits per heavy atom. The molecule has 1 aliphatic heterocycles. The second kappa shape index (κ2) is 10.4.